The SMILES string of the molecule is COc1ncc(-c2ccc3nc(N)n(-c4ccccc4)c(=O)c3c2)cc1S(=O)(=O)N1CCOCC1. The summed E-state index contributed by atoms with van der Waals surface area (Å²) in [6, 6.07) is 15.6. The lowest BCUT2D eigenvalue weighted by Crippen LogP contribution is -2.40. The Morgan fingerprint density at radius 3 is 2.49 bits per heavy atom. The Kier molecular flexibility index (Phi) is 5.97. The molecule has 3 heterocycles. The third kappa shape index (κ3) is 4.14. The molecule has 0 aliphatic carbocycles. The highest BCUT2D eigenvalue weighted by Gasteiger charge is 2.30. The van der Waals surface area contributed by atoms with E-state index in [0.29, 0.717) is 40.9 Å². The molecule has 0 bridgehead atoms. The maximum Gasteiger partial charge on any atom is 0.267 e. The topological polar surface area (TPSA) is 130 Å². The molecule has 0 spiro atoms. The number of hydrogen-bond acceptors (Lipinski definition) is 8. The minimum Gasteiger partial charge on any atom is -0.480 e. The van der Waals surface area contributed by atoms with Crippen LogP contribution in [0.4, 0.5) is 5.95 Å². The summed E-state index contributed by atoms with van der Waals surface area (Å²) >= 11 is 0. The van der Waals surface area contributed by atoms with Gasteiger partial charge in [-0.3, -0.25) is 4.79 Å². The first kappa shape index (κ1) is 23.0. The van der Waals surface area contributed by atoms with Crippen molar-refractivity contribution in [3.05, 3.63) is 71.1 Å². The zero-order valence-corrected chi connectivity index (χ0v) is 19.7. The molecular weight excluding hydrogens is 470 g/mol. The molecule has 1 aliphatic heterocycles. The summed E-state index contributed by atoms with van der Waals surface area (Å²) < 4.78 is 39.9. The predicted molar refractivity (Wildman–Crippen MR) is 131 cm³/mol. The van der Waals surface area contributed by atoms with Crippen LogP contribution in [0.15, 0.2) is 70.5 Å². The highest BCUT2D eigenvalue weighted by atomic mass is 32.2. The lowest BCUT2D eigenvalue weighted by molar-refractivity contribution is 0.0729. The molecule has 1 saturated heterocycles. The van der Waals surface area contributed by atoms with E-state index in [4.69, 9.17) is 15.2 Å². The van der Waals surface area contributed by atoms with Gasteiger partial charge in [-0.15, -0.1) is 0 Å². The largest absolute Gasteiger partial charge is 0.480 e. The number of ether oxygens (including phenoxy) is 2. The van der Waals surface area contributed by atoms with Crippen molar-refractivity contribution in [3.8, 4) is 22.7 Å². The number of nitrogens with two attached hydrogens (primary N) is 1. The second-order valence-electron chi connectivity index (χ2n) is 7.93. The van der Waals surface area contributed by atoms with E-state index in [-0.39, 0.29) is 35.4 Å². The van der Waals surface area contributed by atoms with Gasteiger partial charge >= 0.3 is 0 Å². The monoisotopic (exact) mass is 493 g/mol. The Morgan fingerprint density at radius 2 is 1.77 bits per heavy atom. The van der Waals surface area contributed by atoms with E-state index in [1.165, 1.54) is 28.2 Å². The molecule has 180 valence electrons. The van der Waals surface area contributed by atoms with E-state index >= 15 is 0 Å². The fourth-order valence-corrected chi connectivity index (χ4v) is 5.60. The zero-order chi connectivity index (χ0) is 24.6. The molecule has 0 amide bonds. The molecule has 2 aromatic heterocycles. The number of rotatable bonds is 5. The molecule has 5 rings (SSSR count). The van der Waals surface area contributed by atoms with Crippen LogP contribution >= 0.6 is 0 Å². The van der Waals surface area contributed by atoms with Gasteiger partial charge in [0.1, 0.15) is 4.90 Å². The molecule has 2 aromatic carbocycles. The van der Waals surface area contributed by atoms with Crippen molar-refractivity contribution < 1.29 is 17.9 Å². The van der Waals surface area contributed by atoms with Crippen LogP contribution in [0.25, 0.3) is 27.7 Å². The van der Waals surface area contributed by atoms with E-state index in [1.54, 1.807) is 42.5 Å². The van der Waals surface area contributed by atoms with Crippen LogP contribution in [0.2, 0.25) is 0 Å². The standard InChI is InChI=1S/C24H23N5O5S/c1-33-22-21(35(31,32)28-9-11-34-12-10-28)14-17(15-26-22)16-7-8-20-19(13-16)23(30)29(24(25)27-20)18-5-3-2-4-6-18/h2-8,13-15H,9-12H2,1H3,(H2,25,27). The van der Waals surface area contributed by atoms with Crippen LogP contribution in [0, 0.1) is 0 Å². The molecule has 10 nitrogen and oxygen atoms in total. The normalized spacial score (nSPS) is 14.8. The first-order chi connectivity index (χ1) is 16.9. The number of methoxy groups -OCH3 is 1. The summed E-state index contributed by atoms with van der Waals surface area (Å²) in [4.78, 5) is 21.9. The summed E-state index contributed by atoms with van der Waals surface area (Å²) in [5.41, 5.74) is 7.91. The van der Waals surface area contributed by atoms with Gasteiger partial charge in [0.15, 0.2) is 0 Å². The number of benzene rings is 2. The van der Waals surface area contributed by atoms with Crippen molar-refractivity contribution in [2.75, 3.05) is 39.1 Å². The smallest absolute Gasteiger partial charge is 0.267 e. The molecule has 1 aliphatic rings. The van der Waals surface area contributed by atoms with Gasteiger partial charge in [-0.2, -0.15) is 4.31 Å². The molecule has 0 atom stereocenters. The molecule has 4 aromatic rings. The van der Waals surface area contributed by atoms with Gasteiger partial charge in [-0.25, -0.2) is 23.0 Å². The second kappa shape index (κ2) is 9.10. The van der Waals surface area contributed by atoms with Crippen molar-refractivity contribution in [1.29, 1.82) is 0 Å². The lowest BCUT2D eigenvalue weighted by Gasteiger charge is -2.26. The Labute approximate surface area is 201 Å². The van der Waals surface area contributed by atoms with Crippen LogP contribution in [0.5, 0.6) is 5.88 Å². The highest BCUT2D eigenvalue weighted by molar-refractivity contribution is 7.89. The summed E-state index contributed by atoms with van der Waals surface area (Å²) in [6.45, 7) is 1.14. The predicted octanol–water partition coefficient (Wildman–Crippen LogP) is 2.06. The number of fused-ring (bicyclic) bond motifs is 1. The number of para-hydroxylation sites is 1. The minimum absolute atomic E-state index is 0.00176. The van der Waals surface area contributed by atoms with Crippen molar-refractivity contribution in [2.24, 2.45) is 0 Å². The number of sulfonamides is 1. The number of anilines is 1. The number of nitrogens with zero attached hydrogens (tertiary/aromatic N) is 4. The van der Waals surface area contributed by atoms with Gasteiger partial charge in [0.25, 0.3) is 5.56 Å². The highest BCUT2D eigenvalue weighted by Crippen LogP contribution is 2.31. The third-order valence-electron chi connectivity index (χ3n) is 5.84. The molecule has 0 unspecified atom stereocenters. The molecule has 1 fully saturated rings. The van der Waals surface area contributed by atoms with Crippen molar-refractivity contribution in [3.63, 3.8) is 0 Å². The average molecular weight is 494 g/mol. The number of nitrogen functional groups attached to an aromatic ring is 1. The van der Waals surface area contributed by atoms with Crippen LogP contribution in [-0.2, 0) is 14.8 Å². The van der Waals surface area contributed by atoms with Crippen LogP contribution in [-0.4, -0.2) is 60.7 Å². The maximum atomic E-state index is 13.4. The summed E-state index contributed by atoms with van der Waals surface area (Å²) in [7, 11) is -2.49. The minimum atomic E-state index is -3.86. The van der Waals surface area contributed by atoms with Crippen LogP contribution < -0.4 is 16.0 Å². The van der Waals surface area contributed by atoms with E-state index < -0.39 is 10.0 Å². The molecule has 35 heavy (non-hydrogen) atoms. The van der Waals surface area contributed by atoms with Gasteiger partial charge in [-0.1, -0.05) is 24.3 Å². The fourth-order valence-electron chi connectivity index (χ4n) is 4.06. The Bertz CT molecular complexity index is 1570. The van der Waals surface area contributed by atoms with Gasteiger partial charge in [0.2, 0.25) is 21.9 Å². The quantitative estimate of drug-likeness (QED) is 0.447. The molecular formula is C24H23N5O5S. The number of pyridine rings is 1. The second-order valence-corrected chi connectivity index (χ2v) is 9.83. The maximum absolute atomic E-state index is 13.4. The number of aromatic nitrogens is 3. The van der Waals surface area contributed by atoms with Gasteiger partial charge in [0.05, 0.1) is 36.9 Å². The van der Waals surface area contributed by atoms with Crippen molar-refractivity contribution >= 4 is 26.9 Å². The van der Waals surface area contributed by atoms with E-state index in [2.05, 4.69) is 9.97 Å². The van der Waals surface area contributed by atoms with Crippen molar-refractivity contribution in [1.82, 2.24) is 18.8 Å². The lowest BCUT2D eigenvalue weighted by atomic mass is 10.1. The van der Waals surface area contributed by atoms with Crippen molar-refractivity contribution in [2.45, 2.75) is 4.90 Å². The van der Waals surface area contributed by atoms with E-state index in [1.807, 2.05) is 6.07 Å². The molecule has 0 saturated carbocycles. The first-order valence-corrected chi connectivity index (χ1v) is 12.3. The third-order valence-corrected chi connectivity index (χ3v) is 7.73. The van der Waals surface area contributed by atoms with Crippen LogP contribution in [0.3, 0.4) is 0 Å². The molecule has 11 heteroatoms. The van der Waals surface area contributed by atoms with E-state index in [0.717, 1.165) is 0 Å². The van der Waals surface area contributed by atoms with E-state index in [9.17, 15) is 13.2 Å². The molecule has 2 N–H and O–H groups in total. The Morgan fingerprint density at radius 1 is 1.03 bits per heavy atom. The van der Waals surface area contributed by atoms with Gasteiger partial charge < -0.3 is 15.2 Å². The zero-order valence-electron chi connectivity index (χ0n) is 18.9. The summed E-state index contributed by atoms with van der Waals surface area (Å²) in [6.07, 6.45) is 1.51. The number of hydrogen-bond donors (Lipinski definition) is 1. The molecule has 0 radical (unpaired) electrons. The summed E-state index contributed by atoms with van der Waals surface area (Å²) in [5.74, 6) is 0.0772. The fraction of sp³-hybridized carbons (Fsp3) is 0.208. The Balaban J connectivity index is 1.64. The Hall–Kier alpha value is -3.80. The number of morpholine rings is 1. The summed E-state index contributed by atoms with van der Waals surface area (Å²) in [5, 5.41) is 0.342. The average Bonchev–Trinajstić information content (AvgIpc) is 2.89. The first-order valence-electron chi connectivity index (χ1n) is 10.9. The van der Waals surface area contributed by atoms with Gasteiger partial charge in [0, 0.05) is 24.8 Å². The van der Waals surface area contributed by atoms with Gasteiger partial charge in [-0.05, 0) is 35.9 Å². The van der Waals surface area contributed by atoms with Crippen LogP contribution in [0.1, 0.15) is 0 Å².